The third-order valence-corrected chi connectivity index (χ3v) is 5.98. The van der Waals surface area contributed by atoms with E-state index in [1.54, 1.807) is 12.1 Å². The highest BCUT2D eigenvalue weighted by Gasteiger charge is 2.31. The van der Waals surface area contributed by atoms with Crippen LogP contribution in [0, 0.1) is 0 Å². The maximum atomic E-state index is 12.9. The average molecular weight is 383 g/mol. The van der Waals surface area contributed by atoms with Crippen LogP contribution >= 0.6 is 0 Å². The number of amides is 2. The first-order valence-electron chi connectivity index (χ1n) is 7.92. The quantitative estimate of drug-likeness (QED) is 0.714. The van der Waals surface area contributed by atoms with E-state index >= 15 is 0 Å². The monoisotopic (exact) mass is 383 g/mol. The van der Waals surface area contributed by atoms with E-state index in [9.17, 15) is 18.0 Å². The maximum absolute atomic E-state index is 12.9. The van der Waals surface area contributed by atoms with E-state index in [4.69, 9.17) is 4.42 Å². The van der Waals surface area contributed by atoms with Gasteiger partial charge in [-0.3, -0.25) is 9.59 Å². The molecule has 8 nitrogen and oxygen atoms in total. The molecule has 136 valence electrons. The lowest BCUT2D eigenvalue weighted by molar-refractivity contribution is 0.0946. The van der Waals surface area contributed by atoms with Crippen LogP contribution in [0.5, 0.6) is 0 Å². The molecule has 0 unspecified atom stereocenters. The lowest BCUT2D eigenvalue weighted by atomic mass is 10.1. The van der Waals surface area contributed by atoms with Gasteiger partial charge in [-0.2, -0.15) is 0 Å². The van der Waals surface area contributed by atoms with Gasteiger partial charge >= 0.3 is 0 Å². The largest absolute Gasteiger partial charge is 0.447 e. The second kappa shape index (κ2) is 6.36. The highest BCUT2D eigenvalue weighted by molar-refractivity contribution is 7.91. The second-order valence-electron chi connectivity index (χ2n) is 5.82. The van der Waals surface area contributed by atoms with E-state index in [1.165, 1.54) is 42.9 Å². The van der Waals surface area contributed by atoms with Crippen molar-refractivity contribution >= 4 is 27.3 Å². The predicted octanol–water partition coefficient (Wildman–Crippen LogP) is 2.00. The summed E-state index contributed by atoms with van der Waals surface area (Å²) in [6, 6.07) is 10.0. The smallest absolute Gasteiger partial charge is 0.257 e. The summed E-state index contributed by atoms with van der Waals surface area (Å²) in [4.78, 5) is 28.4. The van der Waals surface area contributed by atoms with E-state index in [0.717, 1.165) is 0 Å². The third-order valence-electron chi connectivity index (χ3n) is 4.11. The van der Waals surface area contributed by atoms with Gasteiger partial charge in [0.15, 0.2) is 6.39 Å². The highest BCUT2D eigenvalue weighted by Crippen LogP contribution is 2.34. The summed E-state index contributed by atoms with van der Waals surface area (Å²) in [6.45, 7) is 0.131. The predicted molar refractivity (Wildman–Crippen MR) is 94.0 cm³/mol. The van der Waals surface area contributed by atoms with Gasteiger partial charge in [0.2, 0.25) is 9.84 Å². The zero-order valence-electron chi connectivity index (χ0n) is 13.8. The molecule has 3 aromatic rings. The Morgan fingerprint density at radius 2 is 1.96 bits per heavy atom. The van der Waals surface area contributed by atoms with Crippen LogP contribution in [0.25, 0.3) is 0 Å². The van der Waals surface area contributed by atoms with Crippen LogP contribution < -0.4 is 10.6 Å². The third kappa shape index (κ3) is 2.97. The van der Waals surface area contributed by atoms with Crippen LogP contribution in [0.4, 0.5) is 5.69 Å². The van der Waals surface area contributed by atoms with Crippen molar-refractivity contribution in [3.63, 3.8) is 0 Å². The Hall–Kier alpha value is -3.46. The molecule has 27 heavy (non-hydrogen) atoms. The normalized spacial score (nSPS) is 14.4. The minimum absolute atomic E-state index is 0.0588. The first-order chi connectivity index (χ1) is 13.0. The van der Waals surface area contributed by atoms with Crippen molar-refractivity contribution in [2.75, 3.05) is 5.32 Å². The summed E-state index contributed by atoms with van der Waals surface area (Å²) in [5.41, 5.74) is 0.322. The molecule has 1 aromatic heterocycles. The summed E-state index contributed by atoms with van der Waals surface area (Å²) >= 11 is 0. The Labute approximate surface area is 154 Å². The molecule has 0 saturated carbocycles. The Morgan fingerprint density at radius 3 is 2.74 bits per heavy atom. The van der Waals surface area contributed by atoms with Gasteiger partial charge in [0.05, 0.1) is 33.8 Å². The zero-order chi connectivity index (χ0) is 19.0. The second-order valence-corrected chi connectivity index (χ2v) is 7.70. The number of nitrogens with zero attached hydrogens (tertiary/aromatic N) is 1. The number of carbonyl (C=O) groups is 2. The van der Waals surface area contributed by atoms with Gasteiger partial charge in [-0.05, 0) is 30.3 Å². The average Bonchev–Trinajstić information content (AvgIpc) is 3.17. The molecule has 0 saturated heterocycles. The van der Waals surface area contributed by atoms with E-state index in [1.807, 2.05) is 0 Å². The molecule has 2 N–H and O–H groups in total. The lowest BCUT2D eigenvalue weighted by Crippen LogP contribution is -2.23. The number of sulfone groups is 1. The number of hydrogen-bond acceptors (Lipinski definition) is 6. The fraction of sp³-hybridized carbons (Fsp3) is 0.0556. The molecular formula is C18H13N3O5S. The van der Waals surface area contributed by atoms with Crippen molar-refractivity contribution in [3.8, 4) is 0 Å². The first kappa shape index (κ1) is 17.0. The number of rotatable bonds is 3. The van der Waals surface area contributed by atoms with E-state index in [-0.39, 0.29) is 33.2 Å². The number of aromatic nitrogens is 1. The van der Waals surface area contributed by atoms with Crippen molar-refractivity contribution in [2.45, 2.75) is 16.3 Å². The molecule has 0 aliphatic carbocycles. The van der Waals surface area contributed by atoms with Gasteiger partial charge in [-0.1, -0.05) is 12.1 Å². The summed E-state index contributed by atoms with van der Waals surface area (Å²) in [6.07, 6.45) is 2.73. The van der Waals surface area contributed by atoms with Gasteiger partial charge in [0, 0.05) is 5.56 Å². The van der Waals surface area contributed by atoms with Gasteiger partial charge < -0.3 is 15.1 Å². The van der Waals surface area contributed by atoms with Crippen molar-refractivity contribution in [1.29, 1.82) is 0 Å². The number of fused-ring (bicyclic) bond motifs is 2. The topological polar surface area (TPSA) is 118 Å². The number of nitrogens with one attached hydrogen (secondary N) is 2. The molecule has 2 heterocycles. The molecule has 2 amide bonds. The van der Waals surface area contributed by atoms with Gasteiger partial charge in [0.1, 0.15) is 5.76 Å². The SMILES string of the molecule is O=C(NCc1cnco1)c1ccc2c(c1)NC(=O)c1ccccc1S2(=O)=O. The van der Waals surface area contributed by atoms with E-state index in [0.29, 0.717) is 5.76 Å². The van der Waals surface area contributed by atoms with Crippen molar-refractivity contribution in [2.24, 2.45) is 0 Å². The Balaban J connectivity index is 1.69. The summed E-state index contributed by atoms with van der Waals surface area (Å²) < 4.78 is 30.9. The van der Waals surface area contributed by atoms with Crippen molar-refractivity contribution in [1.82, 2.24) is 10.3 Å². The van der Waals surface area contributed by atoms with Crippen LogP contribution in [0.3, 0.4) is 0 Å². The van der Waals surface area contributed by atoms with E-state index in [2.05, 4.69) is 15.6 Å². The van der Waals surface area contributed by atoms with Crippen molar-refractivity contribution < 1.29 is 22.4 Å². The van der Waals surface area contributed by atoms with Crippen LogP contribution in [-0.2, 0) is 16.4 Å². The molecule has 0 bridgehead atoms. The molecule has 4 rings (SSSR count). The fourth-order valence-electron chi connectivity index (χ4n) is 2.80. The number of oxazole rings is 1. The molecule has 9 heteroatoms. The molecular weight excluding hydrogens is 370 g/mol. The summed E-state index contributed by atoms with van der Waals surface area (Å²) in [7, 11) is -3.90. The van der Waals surface area contributed by atoms with Gasteiger partial charge in [-0.25, -0.2) is 13.4 Å². The molecule has 0 fully saturated rings. The highest BCUT2D eigenvalue weighted by atomic mass is 32.2. The zero-order valence-corrected chi connectivity index (χ0v) is 14.6. The minimum Gasteiger partial charge on any atom is -0.447 e. The molecule has 0 radical (unpaired) electrons. The van der Waals surface area contributed by atoms with Crippen LogP contribution in [-0.4, -0.2) is 25.2 Å². The minimum atomic E-state index is -3.90. The van der Waals surface area contributed by atoms with Crippen molar-refractivity contribution in [3.05, 3.63) is 71.9 Å². The van der Waals surface area contributed by atoms with Gasteiger partial charge in [-0.15, -0.1) is 0 Å². The van der Waals surface area contributed by atoms with Crippen LogP contribution in [0.1, 0.15) is 26.5 Å². The standard InChI is InChI=1S/C18H13N3O5S/c22-17(20-9-12-8-19-10-26-12)11-5-6-16-14(7-11)21-18(23)13-3-1-2-4-15(13)27(16,24)25/h1-8,10H,9H2,(H,20,22)(H,21,23). The first-order valence-corrected chi connectivity index (χ1v) is 9.40. The lowest BCUT2D eigenvalue weighted by Gasteiger charge is -2.09. The summed E-state index contributed by atoms with van der Waals surface area (Å²) in [5, 5.41) is 5.21. The molecule has 1 aliphatic rings. The van der Waals surface area contributed by atoms with Crippen LogP contribution in [0.15, 0.2) is 69.3 Å². The van der Waals surface area contributed by atoms with E-state index < -0.39 is 21.7 Å². The summed E-state index contributed by atoms with van der Waals surface area (Å²) in [5.74, 6) is -0.515. The number of benzene rings is 2. The Morgan fingerprint density at radius 1 is 1.15 bits per heavy atom. The van der Waals surface area contributed by atoms with Gasteiger partial charge in [0.25, 0.3) is 11.8 Å². The molecule has 0 atom stereocenters. The van der Waals surface area contributed by atoms with Crippen LogP contribution in [0.2, 0.25) is 0 Å². The molecule has 1 aliphatic heterocycles. The maximum Gasteiger partial charge on any atom is 0.257 e. The molecule has 2 aromatic carbocycles. The number of carbonyl (C=O) groups excluding carboxylic acids is 2. The fourth-order valence-corrected chi connectivity index (χ4v) is 4.39. The Bertz CT molecular complexity index is 1150. The molecule has 0 spiro atoms. The Kier molecular flexibility index (Phi) is 4.00. The number of hydrogen-bond donors (Lipinski definition) is 2. The number of anilines is 1.